The summed E-state index contributed by atoms with van der Waals surface area (Å²) in [7, 11) is 2.12. The van der Waals surface area contributed by atoms with Crippen molar-refractivity contribution in [1.29, 1.82) is 0 Å². The molecule has 134 valence electrons. The minimum absolute atomic E-state index is 0.258. The molecular formula is C19H24N3O3-. The van der Waals surface area contributed by atoms with Crippen LogP contribution in [0.1, 0.15) is 12.8 Å². The van der Waals surface area contributed by atoms with Crippen LogP contribution < -0.4 is 15.3 Å². The molecule has 6 heteroatoms. The molecule has 25 heavy (non-hydrogen) atoms. The average Bonchev–Trinajstić information content (AvgIpc) is 2.63. The zero-order valence-electron chi connectivity index (χ0n) is 14.5. The molecule has 1 aliphatic heterocycles. The van der Waals surface area contributed by atoms with Gasteiger partial charge >= 0.3 is 0 Å². The smallest absolute Gasteiger partial charge is 0.228 e. The number of nitrogens with one attached hydrogen (secondary N) is 1. The lowest BCUT2D eigenvalue weighted by Gasteiger charge is -2.34. The van der Waals surface area contributed by atoms with E-state index in [-0.39, 0.29) is 5.91 Å². The second-order valence-corrected chi connectivity index (χ2v) is 6.80. The summed E-state index contributed by atoms with van der Waals surface area (Å²) < 4.78 is 0. The first-order valence-electron chi connectivity index (χ1n) is 8.75. The van der Waals surface area contributed by atoms with E-state index in [0.29, 0.717) is 18.5 Å². The van der Waals surface area contributed by atoms with Gasteiger partial charge in [-0.05, 0) is 44.2 Å². The lowest BCUT2D eigenvalue weighted by atomic mass is 9.82. The molecule has 2 unspecified atom stereocenters. The number of allylic oxidation sites excluding steroid dienone is 2. The van der Waals surface area contributed by atoms with Crippen molar-refractivity contribution in [3.63, 3.8) is 0 Å². The molecule has 1 fully saturated rings. The van der Waals surface area contributed by atoms with Crippen LogP contribution in [0.15, 0.2) is 36.4 Å². The number of rotatable bonds is 4. The van der Waals surface area contributed by atoms with E-state index >= 15 is 0 Å². The number of carboxylic acid groups (broad SMARTS) is 1. The number of carboxylic acids is 1. The summed E-state index contributed by atoms with van der Waals surface area (Å²) in [5, 5.41) is 14.1. The van der Waals surface area contributed by atoms with Crippen LogP contribution in [0.2, 0.25) is 0 Å². The van der Waals surface area contributed by atoms with E-state index in [0.717, 1.165) is 31.9 Å². The Kier molecular flexibility index (Phi) is 5.38. The fraction of sp³-hybridized carbons (Fsp3) is 0.474. The molecule has 0 saturated carbocycles. The summed E-state index contributed by atoms with van der Waals surface area (Å²) >= 11 is 0. The predicted octanol–water partition coefficient (Wildman–Crippen LogP) is 0.709. The maximum atomic E-state index is 12.5. The topological polar surface area (TPSA) is 75.7 Å². The van der Waals surface area contributed by atoms with E-state index in [2.05, 4.69) is 22.2 Å². The fourth-order valence-electron chi connectivity index (χ4n) is 3.42. The van der Waals surface area contributed by atoms with Crippen LogP contribution in [0.3, 0.4) is 0 Å². The van der Waals surface area contributed by atoms with Gasteiger partial charge in [0.2, 0.25) is 5.91 Å². The molecule has 3 rings (SSSR count). The van der Waals surface area contributed by atoms with Crippen LogP contribution in [0, 0.1) is 11.8 Å². The number of likely N-dealkylation sites (N-methyl/N-ethyl adjacent to an activating group) is 1. The Morgan fingerprint density at radius 2 is 1.60 bits per heavy atom. The van der Waals surface area contributed by atoms with Gasteiger partial charge in [-0.15, -0.1) is 0 Å². The minimum Gasteiger partial charge on any atom is -0.550 e. The first-order valence-corrected chi connectivity index (χ1v) is 8.75. The number of carbonyl (C=O) groups is 2. The molecule has 0 spiro atoms. The third-order valence-electron chi connectivity index (χ3n) is 5.08. The van der Waals surface area contributed by atoms with Gasteiger partial charge in [-0.3, -0.25) is 4.79 Å². The van der Waals surface area contributed by atoms with E-state index in [1.165, 1.54) is 0 Å². The quantitative estimate of drug-likeness (QED) is 0.816. The highest BCUT2D eigenvalue weighted by molar-refractivity contribution is 5.95. The van der Waals surface area contributed by atoms with Crippen molar-refractivity contribution >= 4 is 23.3 Å². The van der Waals surface area contributed by atoms with Crippen molar-refractivity contribution in [2.45, 2.75) is 12.8 Å². The summed E-state index contributed by atoms with van der Waals surface area (Å²) in [6, 6.07) is 7.74. The monoisotopic (exact) mass is 342 g/mol. The molecule has 1 N–H and O–H groups in total. The zero-order chi connectivity index (χ0) is 17.8. The van der Waals surface area contributed by atoms with Crippen molar-refractivity contribution in [2.75, 3.05) is 43.4 Å². The summed E-state index contributed by atoms with van der Waals surface area (Å²) in [5.74, 6) is -2.75. The van der Waals surface area contributed by atoms with Crippen LogP contribution in [0.5, 0.6) is 0 Å². The van der Waals surface area contributed by atoms with E-state index in [1.54, 1.807) is 6.08 Å². The number of carbonyl (C=O) groups excluding carboxylic acids is 2. The Bertz CT molecular complexity index is 648. The maximum Gasteiger partial charge on any atom is 0.228 e. The van der Waals surface area contributed by atoms with Crippen LogP contribution in [0.4, 0.5) is 11.4 Å². The van der Waals surface area contributed by atoms with E-state index in [1.807, 2.05) is 30.3 Å². The Morgan fingerprint density at radius 1 is 1.00 bits per heavy atom. The molecule has 1 aliphatic carbocycles. The lowest BCUT2D eigenvalue weighted by Crippen LogP contribution is -2.44. The van der Waals surface area contributed by atoms with Crippen molar-refractivity contribution in [1.82, 2.24) is 4.90 Å². The Hall–Kier alpha value is -2.34. The standard InChI is InChI=1S/C19H25N3O3/c1-21-10-12-22(13-11-21)15-8-6-14(7-9-15)20-18(23)16-4-2-3-5-17(16)19(24)25/h2-3,6-9,16-17H,4-5,10-13H2,1H3,(H,20,23)(H,24,25)/p-1. The number of anilines is 2. The summed E-state index contributed by atoms with van der Waals surface area (Å²) in [6.45, 7) is 4.06. The molecule has 0 bridgehead atoms. The first kappa shape index (κ1) is 17.5. The Labute approximate surface area is 148 Å². The third-order valence-corrected chi connectivity index (χ3v) is 5.08. The van der Waals surface area contributed by atoms with E-state index in [9.17, 15) is 14.7 Å². The molecule has 1 amide bonds. The second kappa shape index (κ2) is 7.70. The van der Waals surface area contributed by atoms with Gasteiger partial charge in [0.05, 0.1) is 5.92 Å². The molecule has 0 radical (unpaired) electrons. The molecule has 2 atom stereocenters. The molecule has 1 aromatic rings. The van der Waals surface area contributed by atoms with Crippen molar-refractivity contribution in [2.24, 2.45) is 11.8 Å². The van der Waals surface area contributed by atoms with Crippen molar-refractivity contribution < 1.29 is 14.7 Å². The van der Waals surface area contributed by atoms with Gasteiger partial charge < -0.3 is 25.0 Å². The van der Waals surface area contributed by atoms with Crippen LogP contribution in [-0.4, -0.2) is 50.0 Å². The molecular weight excluding hydrogens is 318 g/mol. The van der Waals surface area contributed by atoms with Gasteiger partial charge in [-0.2, -0.15) is 0 Å². The number of amides is 1. The summed E-state index contributed by atoms with van der Waals surface area (Å²) in [4.78, 5) is 28.3. The lowest BCUT2D eigenvalue weighted by molar-refractivity contribution is -0.313. The van der Waals surface area contributed by atoms with Crippen LogP contribution >= 0.6 is 0 Å². The molecule has 0 aromatic heterocycles. The molecule has 1 heterocycles. The third kappa shape index (κ3) is 4.20. The summed E-state index contributed by atoms with van der Waals surface area (Å²) in [6.07, 6.45) is 4.45. The van der Waals surface area contributed by atoms with Gasteiger partial charge in [-0.25, -0.2) is 0 Å². The molecule has 6 nitrogen and oxygen atoms in total. The first-order chi connectivity index (χ1) is 12.0. The molecule has 1 saturated heterocycles. The number of benzene rings is 1. The van der Waals surface area contributed by atoms with Crippen LogP contribution in [0.25, 0.3) is 0 Å². The Balaban J connectivity index is 1.62. The van der Waals surface area contributed by atoms with E-state index < -0.39 is 17.8 Å². The van der Waals surface area contributed by atoms with Gasteiger partial charge in [-0.1, -0.05) is 12.2 Å². The number of hydrogen-bond donors (Lipinski definition) is 1. The van der Waals surface area contributed by atoms with Crippen molar-refractivity contribution in [3.8, 4) is 0 Å². The highest BCUT2D eigenvalue weighted by Gasteiger charge is 2.29. The normalized spacial score (nSPS) is 24.1. The number of piperazine rings is 1. The SMILES string of the molecule is CN1CCN(c2ccc(NC(=O)C3CC=CCC3C(=O)[O-])cc2)CC1. The molecule has 1 aromatic carbocycles. The number of nitrogens with zero attached hydrogens (tertiary/aromatic N) is 2. The minimum atomic E-state index is -1.16. The van der Waals surface area contributed by atoms with Gasteiger partial charge in [0.25, 0.3) is 0 Å². The molecule has 2 aliphatic rings. The fourth-order valence-corrected chi connectivity index (χ4v) is 3.42. The highest BCUT2D eigenvalue weighted by atomic mass is 16.4. The zero-order valence-corrected chi connectivity index (χ0v) is 14.5. The average molecular weight is 342 g/mol. The van der Waals surface area contributed by atoms with Gasteiger partial charge in [0.1, 0.15) is 0 Å². The largest absolute Gasteiger partial charge is 0.550 e. The number of aliphatic carboxylic acids is 1. The van der Waals surface area contributed by atoms with Gasteiger partial charge in [0, 0.05) is 49.4 Å². The van der Waals surface area contributed by atoms with Crippen LogP contribution in [-0.2, 0) is 9.59 Å². The predicted molar refractivity (Wildman–Crippen MR) is 95.1 cm³/mol. The maximum absolute atomic E-state index is 12.5. The summed E-state index contributed by atoms with van der Waals surface area (Å²) in [5.41, 5.74) is 1.83. The Morgan fingerprint density at radius 3 is 2.20 bits per heavy atom. The second-order valence-electron chi connectivity index (χ2n) is 6.80. The van der Waals surface area contributed by atoms with Gasteiger partial charge in [0.15, 0.2) is 0 Å². The van der Waals surface area contributed by atoms with Crippen molar-refractivity contribution in [3.05, 3.63) is 36.4 Å². The number of hydrogen-bond acceptors (Lipinski definition) is 5. The highest BCUT2D eigenvalue weighted by Crippen LogP contribution is 2.27. The van der Waals surface area contributed by atoms with E-state index in [4.69, 9.17) is 0 Å².